The number of hydrogen-bond acceptors (Lipinski definition) is 3. The molecule has 5 heteroatoms. The molecule has 0 aliphatic heterocycles. The van der Waals surface area contributed by atoms with Crippen LogP contribution in [0.15, 0.2) is 0 Å². The van der Waals surface area contributed by atoms with Crippen molar-refractivity contribution in [2.75, 3.05) is 6.66 Å². The van der Waals surface area contributed by atoms with Crippen LogP contribution < -0.4 is 29.6 Å². The summed E-state index contributed by atoms with van der Waals surface area (Å²) in [6.45, 7) is 0.965. The quantitative estimate of drug-likeness (QED) is 0.230. The van der Waals surface area contributed by atoms with Crippen LogP contribution in [0, 0.1) is 0 Å². The van der Waals surface area contributed by atoms with Gasteiger partial charge >= 0.3 is 37.5 Å². The van der Waals surface area contributed by atoms with Gasteiger partial charge in [-0.1, -0.05) is 0 Å². The average molecular weight is 121 g/mol. The molecule has 0 fully saturated rings. The van der Waals surface area contributed by atoms with Crippen LogP contribution in [0.25, 0.3) is 0 Å². The summed E-state index contributed by atoms with van der Waals surface area (Å²) < 4.78 is 0. The van der Waals surface area contributed by atoms with Crippen LogP contribution in [-0.4, -0.2) is 21.3 Å². The van der Waals surface area contributed by atoms with Gasteiger partial charge in [0.05, 0.1) is 0 Å². The molecule has 0 saturated carbocycles. The first-order valence-electron chi connectivity index (χ1n) is 1.05. The van der Waals surface area contributed by atoms with Crippen LogP contribution in [0.3, 0.4) is 0 Å². The Bertz CT molecular complexity index is 30.4. The molecular formula is CH7NaO3P+. The van der Waals surface area contributed by atoms with Gasteiger partial charge in [-0.15, -0.1) is 0 Å². The van der Waals surface area contributed by atoms with Gasteiger partial charge in [0.15, 0.2) is 0 Å². The molecule has 0 spiro atoms. The van der Waals surface area contributed by atoms with E-state index in [4.69, 9.17) is 14.7 Å². The van der Waals surface area contributed by atoms with Crippen molar-refractivity contribution in [3.05, 3.63) is 0 Å². The van der Waals surface area contributed by atoms with E-state index in [2.05, 4.69) is 0 Å². The van der Waals surface area contributed by atoms with Crippen molar-refractivity contribution >= 4 is 7.94 Å². The Labute approximate surface area is 60.4 Å². The summed E-state index contributed by atoms with van der Waals surface area (Å²) in [5.41, 5.74) is 0. The van der Waals surface area contributed by atoms with Gasteiger partial charge in [0.2, 0.25) is 0 Å². The van der Waals surface area contributed by atoms with Gasteiger partial charge in [-0.2, -0.15) is 14.7 Å². The Balaban J connectivity index is -0.0000000800. The Kier molecular flexibility index (Phi) is 5.73. The fraction of sp³-hybridized carbons (Fsp3) is 1.00. The van der Waals surface area contributed by atoms with E-state index in [1.165, 1.54) is 0 Å². The van der Waals surface area contributed by atoms with E-state index in [0.29, 0.717) is 0 Å². The maximum absolute atomic E-state index is 7.74. The molecule has 0 atom stereocenters. The Morgan fingerprint density at radius 2 is 1.33 bits per heavy atom. The molecule has 0 radical (unpaired) electrons. The summed E-state index contributed by atoms with van der Waals surface area (Å²) in [4.78, 5) is 23.2. The summed E-state index contributed by atoms with van der Waals surface area (Å²) in [5.74, 6) is 0. The maximum Gasteiger partial charge on any atom is 1.00 e. The minimum absolute atomic E-state index is 0. The molecule has 0 aromatic carbocycles. The van der Waals surface area contributed by atoms with Crippen molar-refractivity contribution in [2.45, 2.75) is 0 Å². The van der Waals surface area contributed by atoms with Crippen LogP contribution in [-0.2, 0) is 0 Å². The van der Waals surface area contributed by atoms with E-state index in [0.717, 1.165) is 6.66 Å². The molecule has 0 aliphatic carbocycles. The number of hydrogen-bond donors (Lipinski definition) is 3. The minimum atomic E-state index is -3.39. The first-order chi connectivity index (χ1) is 2.00. The molecule has 34 valence electrons. The van der Waals surface area contributed by atoms with Crippen molar-refractivity contribution < 1.29 is 45.7 Å². The van der Waals surface area contributed by atoms with Crippen LogP contribution in [0.4, 0.5) is 0 Å². The Hall–Kier alpha value is 1.31. The van der Waals surface area contributed by atoms with E-state index >= 15 is 0 Å². The predicted molar refractivity (Wildman–Crippen MR) is 20.6 cm³/mol. The van der Waals surface area contributed by atoms with E-state index in [1.807, 2.05) is 0 Å². The zero-order valence-corrected chi connectivity index (χ0v) is 6.68. The van der Waals surface area contributed by atoms with Crippen LogP contribution in [0.1, 0.15) is 1.43 Å². The summed E-state index contributed by atoms with van der Waals surface area (Å²) in [6.07, 6.45) is 0. The smallest absolute Gasteiger partial charge is 1.00 e. The van der Waals surface area contributed by atoms with Gasteiger partial charge in [0, 0.05) is 0 Å². The average Bonchev–Trinajstić information content (AvgIpc) is 0.722. The van der Waals surface area contributed by atoms with Gasteiger partial charge in [0.1, 0.15) is 6.66 Å². The zero-order chi connectivity index (χ0) is 4.50. The SMILES string of the molecule is C[P+](O)(O)O.[H-].[Na+]. The van der Waals surface area contributed by atoms with E-state index in [1.54, 1.807) is 0 Å². The number of rotatable bonds is 0. The van der Waals surface area contributed by atoms with E-state index in [-0.39, 0.29) is 31.0 Å². The van der Waals surface area contributed by atoms with E-state index in [9.17, 15) is 0 Å². The molecule has 0 bridgehead atoms. The monoisotopic (exact) mass is 121 g/mol. The first-order valence-corrected chi connectivity index (χ1v) is 3.14. The summed E-state index contributed by atoms with van der Waals surface area (Å²) in [6, 6.07) is 0. The van der Waals surface area contributed by atoms with Crippen molar-refractivity contribution in [3.8, 4) is 0 Å². The third-order valence-electron chi connectivity index (χ3n) is 0. The molecule has 0 rings (SSSR count). The zero-order valence-electron chi connectivity index (χ0n) is 4.79. The molecule has 3 N–H and O–H groups in total. The van der Waals surface area contributed by atoms with Crippen LogP contribution >= 0.6 is 7.94 Å². The van der Waals surface area contributed by atoms with Crippen molar-refractivity contribution in [1.29, 1.82) is 0 Å². The summed E-state index contributed by atoms with van der Waals surface area (Å²) in [5, 5.41) is 0. The summed E-state index contributed by atoms with van der Waals surface area (Å²) >= 11 is 0. The van der Waals surface area contributed by atoms with Crippen LogP contribution in [0.2, 0.25) is 0 Å². The van der Waals surface area contributed by atoms with Crippen molar-refractivity contribution in [1.82, 2.24) is 0 Å². The van der Waals surface area contributed by atoms with Crippen molar-refractivity contribution in [2.24, 2.45) is 0 Å². The molecular weight excluding hydrogens is 114 g/mol. The van der Waals surface area contributed by atoms with Gasteiger partial charge < -0.3 is 1.43 Å². The maximum atomic E-state index is 7.74. The molecule has 0 aromatic heterocycles. The van der Waals surface area contributed by atoms with Gasteiger partial charge in [-0.25, -0.2) is 0 Å². The molecule has 0 heterocycles. The molecule has 0 unspecified atom stereocenters. The second-order valence-electron chi connectivity index (χ2n) is 0.868. The normalized spacial score (nSPS) is 10.0. The standard InChI is InChI=1S/CH6O3P.Na.H/c1-5(2,3)4;;/h2-4H,1H3;;/q2*+1;-1. The van der Waals surface area contributed by atoms with Gasteiger partial charge in [-0.05, 0) is 0 Å². The molecule has 3 nitrogen and oxygen atoms in total. The Morgan fingerprint density at radius 3 is 1.33 bits per heavy atom. The van der Waals surface area contributed by atoms with Gasteiger partial charge in [-0.3, -0.25) is 0 Å². The fourth-order valence-corrected chi connectivity index (χ4v) is 0. The second-order valence-corrected chi connectivity index (χ2v) is 2.60. The second kappa shape index (κ2) is 3.33. The molecule has 0 aromatic rings. The minimum Gasteiger partial charge on any atom is -1.00 e. The molecule has 0 amide bonds. The molecule has 6 heavy (non-hydrogen) atoms. The van der Waals surface area contributed by atoms with Gasteiger partial charge in [0.25, 0.3) is 0 Å². The molecule has 0 aliphatic rings. The van der Waals surface area contributed by atoms with Crippen molar-refractivity contribution in [3.63, 3.8) is 0 Å². The van der Waals surface area contributed by atoms with Crippen LogP contribution in [0.5, 0.6) is 0 Å². The Morgan fingerprint density at radius 1 is 1.33 bits per heavy atom. The largest absolute Gasteiger partial charge is 1.00 e. The molecule has 0 saturated heterocycles. The third kappa shape index (κ3) is 57.5. The first kappa shape index (κ1) is 10.3. The topological polar surface area (TPSA) is 60.7 Å². The predicted octanol–water partition coefficient (Wildman–Crippen LogP) is -3.53. The van der Waals surface area contributed by atoms with E-state index < -0.39 is 7.94 Å². The fourth-order valence-electron chi connectivity index (χ4n) is 0. The third-order valence-corrected chi connectivity index (χ3v) is 0. The summed E-state index contributed by atoms with van der Waals surface area (Å²) in [7, 11) is -3.39.